The van der Waals surface area contributed by atoms with Gasteiger partial charge < -0.3 is 30.2 Å². The number of carbonyl (C=O) groups is 3. The Hall–Kier alpha value is -3.15. The summed E-state index contributed by atoms with van der Waals surface area (Å²) in [4.78, 5) is 51.3. The van der Waals surface area contributed by atoms with Crippen LogP contribution >= 0.6 is 22.9 Å². The first kappa shape index (κ1) is 25.5. The van der Waals surface area contributed by atoms with Crippen molar-refractivity contribution in [1.29, 1.82) is 0 Å². The molecule has 1 aromatic carbocycles. The molecule has 0 saturated carbocycles. The number of likely N-dealkylation sites (N-methyl/N-ethyl adjacent to an activating group) is 1. The third kappa shape index (κ3) is 5.58. The highest BCUT2D eigenvalue weighted by molar-refractivity contribution is 7.13. The van der Waals surface area contributed by atoms with Gasteiger partial charge in [0.25, 0.3) is 11.8 Å². The monoisotopic (exact) mass is 544 g/mol. The smallest absolute Gasteiger partial charge is 0.409 e. The number of amides is 3. The fourth-order valence-corrected chi connectivity index (χ4v) is 6.05. The predicted octanol–water partition coefficient (Wildman–Crippen LogP) is 3.02. The minimum absolute atomic E-state index is 0.209. The molecule has 0 bridgehead atoms. The van der Waals surface area contributed by atoms with Crippen LogP contribution in [0, 0.1) is 0 Å². The van der Waals surface area contributed by atoms with E-state index < -0.39 is 12.1 Å². The maximum Gasteiger partial charge on any atom is 0.409 e. The number of aromatic nitrogens is 2. The fourth-order valence-electron chi connectivity index (χ4n) is 4.77. The molecular formula is C25H29ClN6O4S. The molecule has 2 aromatic heterocycles. The second kappa shape index (κ2) is 10.7. The molecule has 0 aliphatic carbocycles. The van der Waals surface area contributed by atoms with E-state index in [1.54, 1.807) is 30.0 Å². The molecule has 196 valence electrons. The highest BCUT2D eigenvalue weighted by Crippen LogP contribution is 2.25. The molecule has 0 radical (unpaired) electrons. The van der Waals surface area contributed by atoms with Gasteiger partial charge in [0.1, 0.15) is 5.69 Å². The zero-order valence-electron chi connectivity index (χ0n) is 20.7. The number of hydrogen-bond acceptors (Lipinski definition) is 7. The van der Waals surface area contributed by atoms with Crippen molar-refractivity contribution in [3.8, 4) is 0 Å². The summed E-state index contributed by atoms with van der Waals surface area (Å²) in [6.07, 6.45) is 0.844. The molecule has 2 aliphatic rings. The fraction of sp³-hybridized carbons (Fsp3) is 0.440. The van der Waals surface area contributed by atoms with E-state index in [2.05, 4.69) is 32.5 Å². The van der Waals surface area contributed by atoms with E-state index in [1.807, 2.05) is 6.07 Å². The summed E-state index contributed by atoms with van der Waals surface area (Å²) in [7, 11) is 2.05. The van der Waals surface area contributed by atoms with E-state index in [0.29, 0.717) is 28.7 Å². The number of ether oxygens (including phenoxy) is 1. The number of rotatable bonds is 5. The largest absolute Gasteiger partial charge is 0.450 e. The second-order valence-electron chi connectivity index (χ2n) is 9.38. The molecule has 5 rings (SSSR count). The Balaban J connectivity index is 1.33. The van der Waals surface area contributed by atoms with E-state index in [1.165, 1.54) is 11.3 Å². The van der Waals surface area contributed by atoms with Crippen LogP contribution in [-0.4, -0.2) is 83.0 Å². The number of likely N-dealkylation sites (tertiary alicyclic amines) is 1. The summed E-state index contributed by atoms with van der Waals surface area (Å²) in [6, 6.07) is 6.16. The van der Waals surface area contributed by atoms with Crippen molar-refractivity contribution < 1.29 is 19.1 Å². The number of H-pyrrole nitrogens is 1. The number of carbonyl (C=O) groups excluding carboxylic acids is 3. The van der Waals surface area contributed by atoms with E-state index in [0.717, 1.165) is 41.0 Å². The maximum atomic E-state index is 13.2. The van der Waals surface area contributed by atoms with Crippen LogP contribution in [0.3, 0.4) is 0 Å². The van der Waals surface area contributed by atoms with Gasteiger partial charge in [-0.3, -0.25) is 9.59 Å². The lowest BCUT2D eigenvalue weighted by Gasteiger charge is -2.38. The van der Waals surface area contributed by atoms with E-state index >= 15 is 0 Å². The van der Waals surface area contributed by atoms with Gasteiger partial charge in [-0.25, -0.2) is 9.78 Å². The van der Waals surface area contributed by atoms with Crippen molar-refractivity contribution in [1.82, 2.24) is 30.4 Å². The molecule has 2 atom stereocenters. The van der Waals surface area contributed by atoms with Crippen LogP contribution in [0.4, 0.5) is 4.79 Å². The summed E-state index contributed by atoms with van der Waals surface area (Å²) in [5.41, 5.74) is 2.14. The van der Waals surface area contributed by atoms with Crippen molar-refractivity contribution in [2.75, 3.05) is 33.3 Å². The van der Waals surface area contributed by atoms with Gasteiger partial charge in [-0.1, -0.05) is 11.6 Å². The van der Waals surface area contributed by atoms with Crippen LogP contribution in [0.15, 0.2) is 24.3 Å². The molecule has 3 amide bonds. The molecule has 0 spiro atoms. The average Bonchev–Trinajstić information content (AvgIpc) is 3.49. The molecule has 3 N–H and O–H groups in total. The van der Waals surface area contributed by atoms with Crippen LogP contribution in [0.5, 0.6) is 0 Å². The third-order valence-electron chi connectivity index (χ3n) is 6.72. The molecule has 1 saturated heterocycles. The highest BCUT2D eigenvalue weighted by atomic mass is 35.5. The van der Waals surface area contributed by atoms with Gasteiger partial charge in [0.15, 0.2) is 5.01 Å². The Morgan fingerprint density at radius 2 is 2.00 bits per heavy atom. The number of piperidine rings is 1. The zero-order valence-corrected chi connectivity index (χ0v) is 22.2. The van der Waals surface area contributed by atoms with Crippen LogP contribution in [0.25, 0.3) is 10.9 Å². The normalized spacial score (nSPS) is 19.9. The quantitative estimate of drug-likeness (QED) is 0.454. The molecule has 4 heterocycles. The molecule has 0 unspecified atom stereocenters. The standard InChI is InChI=1S/C25H29ClN6O4S/c1-3-36-25(35)32-9-7-17(28-23(34)24-30-18-6-8-31(2)13-21(18)37-24)20(12-32)29-22(33)19-11-14-10-15(26)4-5-16(14)27-19/h4-5,10-11,17,20,27H,3,6-9,12-13H2,1-2H3,(H,28,34)(H,29,33)/t17-,20+/m1/s1. The van der Waals surface area contributed by atoms with Crippen molar-refractivity contribution in [3.63, 3.8) is 0 Å². The van der Waals surface area contributed by atoms with Crippen molar-refractivity contribution in [2.24, 2.45) is 0 Å². The van der Waals surface area contributed by atoms with Crippen molar-refractivity contribution in [3.05, 3.63) is 50.6 Å². The van der Waals surface area contributed by atoms with Gasteiger partial charge in [-0.05, 0) is 44.7 Å². The molecule has 37 heavy (non-hydrogen) atoms. The van der Waals surface area contributed by atoms with Crippen molar-refractivity contribution in [2.45, 2.75) is 38.4 Å². The molecule has 12 heteroatoms. The van der Waals surface area contributed by atoms with E-state index in [-0.39, 0.29) is 31.0 Å². The lowest BCUT2D eigenvalue weighted by molar-refractivity contribution is 0.0720. The maximum absolute atomic E-state index is 13.2. The first-order chi connectivity index (χ1) is 17.8. The number of fused-ring (bicyclic) bond motifs is 2. The number of nitrogens with zero attached hydrogens (tertiary/aromatic N) is 3. The Labute approximate surface area is 223 Å². The predicted molar refractivity (Wildman–Crippen MR) is 141 cm³/mol. The Kier molecular flexibility index (Phi) is 7.36. The van der Waals surface area contributed by atoms with E-state index in [9.17, 15) is 14.4 Å². The third-order valence-corrected chi connectivity index (χ3v) is 8.03. The van der Waals surface area contributed by atoms with Gasteiger partial charge in [0.05, 0.1) is 24.4 Å². The van der Waals surface area contributed by atoms with Crippen molar-refractivity contribution >= 4 is 51.7 Å². The number of thiazole rings is 1. The summed E-state index contributed by atoms with van der Waals surface area (Å²) < 4.78 is 5.17. The first-order valence-corrected chi connectivity index (χ1v) is 13.5. The van der Waals surface area contributed by atoms with Crippen LogP contribution in [0.1, 0.15) is 44.2 Å². The van der Waals surface area contributed by atoms with Gasteiger partial charge >= 0.3 is 6.09 Å². The average molecular weight is 545 g/mol. The van der Waals surface area contributed by atoms with Crippen LogP contribution in [0.2, 0.25) is 5.02 Å². The number of halogens is 1. The molecule has 10 nitrogen and oxygen atoms in total. The Morgan fingerprint density at radius 1 is 1.19 bits per heavy atom. The topological polar surface area (TPSA) is 120 Å². The van der Waals surface area contributed by atoms with Gasteiger partial charge in [0.2, 0.25) is 0 Å². The van der Waals surface area contributed by atoms with Crippen LogP contribution < -0.4 is 10.6 Å². The second-order valence-corrected chi connectivity index (χ2v) is 10.9. The molecule has 2 aliphatic heterocycles. The molecular weight excluding hydrogens is 516 g/mol. The number of hydrogen-bond donors (Lipinski definition) is 3. The van der Waals surface area contributed by atoms with Gasteiger partial charge in [-0.15, -0.1) is 11.3 Å². The summed E-state index contributed by atoms with van der Waals surface area (Å²) >= 11 is 7.49. The minimum Gasteiger partial charge on any atom is -0.450 e. The number of nitrogens with one attached hydrogen (secondary N) is 3. The number of aromatic amines is 1. The SMILES string of the molecule is CCOC(=O)N1CC[C@@H](NC(=O)c2nc3c(s2)CN(C)CC3)[C@@H](NC(=O)c2cc3cc(Cl)ccc3[nH]2)C1. The Morgan fingerprint density at radius 3 is 2.81 bits per heavy atom. The highest BCUT2D eigenvalue weighted by Gasteiger charge is 2.35. The summed E-state index contributed by atoms with van der Waals surface area (Å²) in [5, 5.41) is 7.89. The minimum atomic E-state index is -0.523. The summed E-state index contributed by atoms with van der Waals surface area (Å²) in [5.74, 6) is -0.605. The van der Waals surface area contributed by atoms with Crippen LogP contribution in [-0.2, 0) is 17.7 Å². The number of benzene rings is 1. The first-order valence-electron chi connectivity index (χ1n) is 12.3. The van der Waals surface area contributed by atoms with E-state index in [4.69, 9.17) is 16.3 Å². The Bertz CT molecular complexity index is 1340. The lowest BCUT2D eigenvalue weighted by atomic mass is 9.99. The molecule has 3 aromatic rings. The molecule has 1 fully saturated rings. The zero-order chi connectivity index (χ0) is 26.1. The van der Waals surface area contributed by atoms with Gasteiger partial charge in [-0.2, -0.15) is 0 Å². The lowest BCUT2D eigenvalue weighted by Crippen LogP contribution is -2.61. The van der Waals surface area contributed by atoms with Gasteiger partial charge in [0, 0.05) is 53.4 Å². The summed E-state index contributed by atoms with van der Waals surface area (Å²) in [6.45, 7) is 4.32.